The first kappa shape index (κ1) is 14.1. The lowest BCUT2D eigenvalue weighted by atomic mass is 9.96. The second-order valence-electron chi connectivity index (χ2n) is 5.25. The summed E-state index contributed by atoms with van der Waals surface area (Å²) in [5.41, 5.74) is 1.11. The van der Waals surface area contributed by atoms with Crippen LogP contribution in [0.5, 0.6) is 0 Å². The van der Waals surface area contributed by atoms with Crippen molar-refractivity contribution >= 4 is 5.91 Å². The minimum atomic E-state index is -0.0222. The van der Waals surface area contributed by atoms with Crippen molar-refractivity contribution < 1.29 is 4.79 Å². The fourth-order valence-electron chi connectivity index (χ4n) is 2.69. The molecule has 1 saturated heterocycles. The second kappa shape index (κ2) is 7.29. The molecule has 0 radical (unpaired) electrons. The molecule has 0 spiro atoms. The van der Waals surface area contributed by atoms with Crippen molar-refractivity contribution in [1.82, 2.24) is 10.2 Å². The Labute approximate surface area is 116 Å². The van der Waals surface area contributed by atoms with E-state index in [0.717, 1.165) is 25.1 Å². The molecule has 0 aliphatic carbocycles. The molecule has 0 bridgehead atoms. The van der Waals surface area contributed by atoms with Gasteiger partial charge in [-0.3, -0.25) is 9.69 Å². The fourth-order valence-corrected chi connectivity index (χ4v) is 2.69. The lowest BCUT2D eigenvalue weighted by Crippen LogP contribution is -2.41. The van der Waals surface area contributed by atoms with Crippen LogP contribution in [0.2, 0.25) is 0 Å². The van der Waals surface area contributed by atoms with Gasteiger partial charge in [0, 0.05) is 0 Å². The first-order valence-corrected chi connectivity index (χ1v) is 7.36. The van der Waals surface area contributed by atoms with E-state index < -0.39 is 0 Å². The second-order valence-corrected chi connectivity index (χ2v) is 5.25. The summed E-state index contributed by atoms with van der Waals surface area (Å²) in [7, 11) is 0. The number of benzene rings is 1. The van der Waals surface area contributed by atoms with Gasteiger partial charge in [0.25, 0.3) is 0 Å². The summed E-state index contributed by atoms with van der Waals surface area (Å²) in [6, 6.07) is 10.1. The predicted octanol–water partition coefficient (Wildman–Crippen LogP) is 2.74. The highest BCUT2D eigenvalue weighted by Crippen LogP contribution is 2.19. The Balaban J connectivity index is 1.86. The summed E-state index contributed by atoms with van der Waals surface area (Å²) in [5, 5.41) is 3.09. The summed E-state index contributed by atoms with van der Waals surface area (Å²) in [4.78, 5) is 14.6. The maximum Gasteiger partial charge on any atom is 0.228 e. The maximum atomic E-state index is 12.3. The van der Waals surface area contributed by atoms with Gasteiger partial charge in [0.15, 0.2) is 0 Å². The van der Waals surface area contributed by atoms with E-state index in [-0.39, 0.29) is 11.8 Å². The van der Waals surface area contributed by atoms with Crippen molar-refractivity contribution in [3.63, 3.8) is 0 Å². The molecule has 1 aliphatic rings. The molecule has 104 valence electrons. The molecule has 2 rings (SSSR count). The molecule has 0 unspecified atom stereocenters. The number of nitrogens with zero attached hydrogens (tertiary/aromatic N) is 1. The average Bonchev–Trinajstić information content (AvgIpc) is 2.48. The quantitative estimate of drug-likeness (QED) is 0.883. The Morgan fingerprint density at radius 1 is 1.21 bits per heavy atom. The minimum Gasteiger partial charge on any atom is -0.343 e. The van der Waals surface area contributed by atoms with E-state index in [1.54, 1.807) is 0 Å². The highest BCUT2D eigenvalue weighted by Gasteiger charge is 2.19. The van der Waals surface area contributed by atoms with Gasteiger partial charge in [-0.1, -0.05) is 43.7 Å². The third-order valence-electron chi connectivity index (χ3n) is 3.85. The average molecular weight is 260 g/mol. The van der Waals surface area contributed by atoms with Gasteiger partial charge in [-0.15, -0.1) is 0 Å². The summed E-state index contributed by atoms with van der Waals surface area (Å²) in [6.45, 7) is 4.99. The molecule has 1 aliphatic heterocycles. The third kappa shape index (κ3) is 4.06. The topological polar surface area (TPSA) is 32.3 Å². The number of rotatable bonds is 5. The van der Waals surface area contributed by atoms with E-state index in [1.807, 2.05) is 30.3 Å². The van der Waals surface area contributed by atoms with E-state index in [1.165, 1.54) is 19.3 Å². The third-order valence-corrected chi connectivity index (χ3v) is 3.85. The van der Waals surface area contributed by atoms with Crippen LogP contribution in [-0.2, 0) is 4.79 Å². The monoisotopic (exact) mass is 260 g/mol. The highest BCUT2D eigenvalue weighted by molar-refractivity contribution is 5.83. The Morgan fingerprint density at radius 3 is 2.53 bits per heavy atom. The molecule has 1 aromatic rings. The van der Waals surface area contributed by atoms with Gasteiger partial charge in [0.05, 0.1) is 12.6 Å². The molecule has 1 heterocycles. The molecular formula is C16H24N2O. The molecule has 1 N–H and O–H groups in total. The number of hydrogen-bond donors (Lipinski definition) is 1. The van der Waals surface area contributed by atoms with E-state index in [4.69, 9.17) is 0 Å². The normalized spacial score (nSPS) is 17.9. The molecule has 1 fully saturated rings. The summed E-state index contributed by atoms with van der Waals surface area (Å²) < 4.78 is 0. The van der Waals surface area contributed by atoms with Crippen molar-refractivity contribution in [1.29, 1.82) is 0 Å². The van der Waals surface area contributed by atoms with Crippen molar-refractivity contribution in [3.8, 4) is 0 Å². The van der Waals surface area contributed by atoms with Crippen molar-refractivity contribution in [2.24, 2.45) is 0 Å². The highest BCUT2D eigenvalue weighted by atomic mass is 16.2. The van der Waals surface area contributed by atoms with E-state index in [2.05, 4.69) is 17.1 Å². The smallest absolute Gasteiger partial charge is 0.228 e. The van der Waals surface area contributed by atoms with Gasteiger partial charge >= 0.3 is 0 Å². The Morgan fingerprint density at radius 2 is 1.89 bits per heavy atom. The van der Waals surface area contributed by atoms with Crippen LogP contribution in [0.4, 0.5) is 0 Å². The molecule has 1 aromatic carbocycles. The number of nitrogens with one attached hydrogen (secondary N) is 1. The summed E-state index contributed by atoms with van der Waals surface area (Å²) >= 11 is 0. The summed E-state index contributed by atoms with van der Waals surface area (Å²) in [5.74, 6) is 0.130. The van der Waals surface area contributed by atoms with Crippen LogP contribution < -0.4 is 5.32 Å². The molecule has 3 heteroatoms. The van der Waals surface area contributed by atoms with Gasteiger partial charge in [-0.2, -0.15) is 0 Å². The first-order valence-electron chi connectivity index (χ1n) is 7.36. The van der Waals surface area contributed by atoms with E-state index in [9.17, 15) is 4.79 Å². The Hall–Kier alpha value is -1.35. The van der Waals surface area contributed by atoms with Gasteiger partial charge in [0.1, 0.15) is 0 Å². The summed E-state index contributed by atoms with van der Waals surface area (Å²) in [6.07, 6.45) is 4.68. The van der Waals surface area contributed by atoms with Crippen LogP contribution >= 0.6 is 0 Å². The van der Waals surface area contributed by atoms with E-state index >= 15 is 0 Å². The first-order chi connectivity index (χ1) is 9.31. The Kier molecular flexibility index (Phi) is 5.40. The number of likely N-dealkylation sites (tertiary alicyclic amines) is 1. The van der Waals surface area contributed by atoms with Gasteiger partial charge in [0.2, 0.25) is 5.91 Å². The number of carbonyl (C=O) groups excluding carboxylic acids is 1. The zero-order valence-electron chi connectivity index (χ0n) is 11.8. The molecule has 1 atom stereocenters. The standard InChI is InChI=1S/C16H24N2O/c1-2-15(14-9-5-3-6-10-14)16(19)17-13-18-11-7-4-8-12-18/h3,5-6,9-10,15H,2,4,7-8,11-13H2,1H3,(H,17,19)/t15-/m0/s1. The SMILES string of the molecule is CC[C@H](C(=O)NCN1CCCCC1)c1ccccc1. The zero-order chi connectivity index (χ0) is 13.5. The van der Waals surface area contributed by atoms with Crippen LogP contribution in [0.15, 0.2) is 30.3 Å². The number of amides is 1. The zero-order valence-corrected chi connectivity index (χ0v) is 11.8. The lowest BCUT2D eigenvalue weighted by Gasteiger charge is -2.27. The van der Waals surface area contributed by atoms with Crippen molar-refractivity contribution in [2.45, 2.75) is 38.5 Å². The van der Waals surface area contributed by atoms with Crippen molar-refractivity contribution in [2.75, 3.05) is 19.8 Å². The van der Waals surface area contributed by atoms with Crippen molar-refractivity contribution in [3.05, 3.63) is 35.9 Å². The van der Waals surface area contributed by atoms with Gasteiger partial charge < -0.3 is 5.32 Å². The molecule has 3 nitrogen and oxygen atoms in total. The molecular weight excluding hydrogens is 236 g/mol. The van der Waals surface area contributed by atoms with Crippen LogP contribution in [-0.4, -0.2) is 30.6 Å². The van der Waals surface area contributed by atoms with Crippen LogP contribution in [0.1, 0.15) is 44.1 Å². The number of hydrogen-bond acceptors (Lipinski definition) is 2. The van der Waals surface area contributed by atoms with Gasteiger partial charge in [-0.05, 0) is 37.9 Å². The maximum absolute atomic E-state index is 12.3. The fraction of sp³-hybridized carbons (Fsp3) is 0.562. The van der Waals surface area contributed by atoms with Crippen LogP contribution in [0.3, 0.4) is 0 Å². The number of piperidine rings is 1. The lowest BCUT2D eigenvalue weighted by molar-refractivity contribution is -0.123. The molecule has 19 heavy (non-hydrogen) atoms. The largest absolute Gasteiger partial charge is 0.343 e. The number of carbonyl (C=O) groups is 1. The predicted molar refractivity (Wildman–Crippen MR) is 77.9 cm³/mol. The molecule has 0 saturated carbocycles. The van der Waals surface area contributed by atoms with Crippen LogP contribution in [0, 0.1) is 0 Å². The van der Waals surface area contributed by atoms with E-state index in [0.29, 0.717) is 6.67 Å². The minimum absolute atomic E-state index is 0.0222. The van der Waals surface area contributed by atoms with Gasteiger partial charge in [-0.25, -0.2) is 0 Å². The molecule has 0 aromatic heterocycles. The Bertz CT molecular complexity index is 385. The molecule has 1 amide bonds. The van der Waals surface area contributed by atoms with Crippen LogP contribution in [0.25, 0.3) is 0 Å².